The number of halogens is 1. The summed E-state index contributed by atoms with van der Waals surface area (Å²) in [7, 11) is 4.31. The summed E-state index contributed by atoms with van der Waals surface area (Å²) in [5.74, 6) is 0. The van der Waals surface area contributed by atoms with E-state index in [4.69, 9.17) is 0 Å². The van der Waals surface area contributed by atoms with Crippen LogP contribution in [0.25, 0.3) is 10.9 Å². The van der Waals surface area contributed by atoms with Gasteiger partial charge in [-0.25, -0.2) is 0 Å². The molecule has 0 spiro atoms. The molecule has 4 nitrogen and oxygen atoms in total. The number of aromatic nitrogens is 1. The molecular weight excluding hydrogens is 352 g/mol. The molecule has 0 radical (unpaired) electrons. The molecule has 5 heteroatoms. The number of nitrogens with zero attached hydrogens (tertiary/aromatic N) is 3. The number of benzene rings is 1. The smallest absolute Gasteiger partial charge is 0.103 e. The zero-order valence-electron chi connectivity index (χ0n) is 13.5. The van der Waals surface area contributed by atoms with E-state index in [1.807, 2.05) is 18.2 Å². The first-order chi connectivity index (χ1) is 11.1. The van der Waals surface area contributed by atoms with Crippen LogP contribution in [0.5, 0.6) is 0 Å². The summed E-state index contributed by atoms with van der Waals surface area (Å²) in [5, 5.41) is 14.1. The van der Waals surface area contributed by atoms with Crippen LogP contribution >= 0.6 is 15.9 Å². The lowest BCUT2D eigenvalue weighted by Gasteiger charge is -2.33. The monoisotopic (exact) mass is 372 g/mol. The molecule has 1 aliphatic carbocycles. The molecule has 0 atom stereocenters. The molecule has 1 fully saturated rings. The van der Waals surface area contributed by atoms with Gasteiger partial charge in [-0.1, -0.05) is 15.9 Å². The molecular formula is C18H21BrN4. The van der Waals surface area contributed by atoms with E-state index in [0.29, 0.717) is 17.6 Å². The van der Waals surface area contributed by atoms with Gasteiger partial charge < -0.3 is 10.2 Å². The molecule has 0 amide bonds. The Balaban J connectivity index is 1.88. The normalized spacial score (nSPS) is 21.3. The minimum atomic E-state index is 0.419. The maximum atomic E-state index is 9.44. The van der Waals surface area contributed by atoms with E-state index in [2.05, 4.69) is 51.3 Å². The third-order valence-electron chi connectivity index (χ3n) is 4.73. The largest absolute Gasteiger partial charge is 0.381 e. The minimum absolute atomic E-state index is 0.419. The molecule has 1 aliphatic rings. The summed E-state index contributed by atoms with van der Waals surface area (Å²) in [4.78, 5) is 6.71. The summed E-state index contributed by atoms with van der Waals surface area (Å²) >= 11 is 3.52. The number of hydrogen-bond acceptors (Lipinski definition) is 4. The summed E-state index contributed by atoms with van der Waals surface area (Å²) in [6, 6.07) is 9.37. The molecule has 2 aromatic rings. The van der Waals surface area contributed by atoms with Gasteiger partial charge in [-0.3, -0.25) is 4.98 Å². The van der Waals surface area contributed by atoms with Gasteiger partial charge in [-0.2, -0.15) is 5.26 Å². The van der Waals surface area contributed by atoms with Crippen molar-refractivity contribution >= 4 is 32.5 Å². The van der Waals surface area contributed by atoms with E-state index in [0.717, 1.165) is 33.9 Å². The Labute approximate surface area is 145 Å². The fourth-order valence-corrected chi connectivity index (χ4v) is 3.71. The van der Waals surface area contributed by atoms with Crippen molar-refractivity contribution in [1.29, 1.82) is 5.26 Å². The summed E-state index contributed by atoms with van der Waals surface area (Å²) in [6.45, 7) is 0. The van der Waals surface area contributed by atoms with Gasteiger partial charge in [0.05, 0.1) is 16.8 Å². The van der Waals surface area contributed by atoms with E-state index < -0.39 is 0 Å². The predicted octanol–water partition coefficient (Wildman–Crippen LogP) is 4.15. The first kappa shape index (κ1) is 16.2. The van der Waals surface area contributed by atoms with Crippen molar-refractivity contribution in [2.24, 2.45) is 0 Å². The van der Waals surface area contributed by atoms with Crippen molar-refractivity contribution in [3.63, 3.8) is 0 Å². The van der Waals surface area contributed by atoms with Gasteiger partial charge in [0.1, 0.15) is 6.07 Å². The van der Waals surface area contributed by atoms with E-state index in [1.165, 1.54) is 12.8 Å². The van der Waals surface area contributed by atoms with Crippen molar-refractivity contribution in [2.45, 2.75) is 37.8 Å². The average molecular weight is 373 g/mol. The highest BCUT2D eigenvalue weighted by atomic mass is 79.9. The molecule has 3 rings (SSSR count). The Morgan fingerprint density at radius 1 is 1.26 bits per heavy atom. The highest BCUT2D eigenvalue weighted by molar-refractivity contribution is 9.10. The number of anilines is 1. The lowest BCUT2D eigenvalue weighted by atomic mass is 9.90. The van der Waals surface area contributed by atoms with Crippen LogP contribution in [0.15, 0.2) is 28.9 Å². The van der Waals surface area contributed by atoms with Crippen LogP contribution in [-0.2, 0) is 0 Å². The number of nitrogens with one attached hydrogen (secondary N) is 1. The van der Waals surface area contributed by atoms with Crippen LogP contribution < -0.4 is 5.32 Å². The quantitative estimate of drug-likeness (QED) is 0.878. The van der Waals surface area contributed by atoms with Crippen molar-refractivity contribution in [1.82, 2.24) is 9.88 Å². The van der Waals surface area contributed by atoms with Crippen molar-refractivity contribution < 1.29 is 0 Å². The second-order valence-electron chi connectivity index (χ2n) is 6.43. The van der Waals surface area contributed by atoms with Crippen LogP contribution in [0.2, 0.25) is 0 Å². The molecule has 1 aromatic carbocycles. The maximum Gasteiger partial charge on any atom is 0.103 e. The highest BCUT2D eigenvalue weighted by Gasteiger charge is 2.23. The number of rotatable bonds is 3. The molecule has 0 aliphatic heterocycles. The zero-order chi connectivity index (χ0) is 16.4. The molecule has 1 aromatic heterocycles. The van der Waals surface area contributed by atoms with E-state index in [1.54, 1.807) is 6.20 Å². The van der Waals surface area contributed by atoms with Gasteiger partial charge >= 0.3 is 0 Å². The van der Waals surface area contributed by atoms with Gasteiger partial charge in [-0.05, 0) is 58.0 Å². The molecule has 0 saturated heterocycles. The lowest BCUT2D eigenvalue weighted by molar-refractivity contribution is 0.221. The highest BCUT2D eigenvalue weighted by Crippen LogP contribution is 2.31. The van der Waals surface area contributed by atoms with Gasteiger partial charge in [0, 0.05) is 28.1 Å². The minimum Gasteiger partial charge on any atom is -0.381 e. The topological polar surface area (TPSA) is 52.0 Å². The Hall–Kier alpha value is -1.64. The molecule has 120 valence electrons. The summed E-state index contributed by atoms with van der Waals surface area (Å²) in [5.41, 5.74) is 2.45. The Morgan fingerprint density at radius 2 is 2.00 bits per heavy atom. The zero-order valence-corrected chi connectivity index (χ0v) is 15.1. The van der Waals surface area contributed by atoms with E-state index >= 15 is 0 Å². The molecule has 1 N–H and O–H groups in total. The van der Waals surface area contributed by atoms with Crippen molar-refractivity contribution in [3.05, 3.63) is 34.4 Å². The number of nitriles is 1. The van der Waals surface area contributed by atoms with Gasteiger partial charge in [0.25, 0.3) is 0 Å². The van der Waals surface area contributed by atoms with Crippen LogP contribution in [0.1, 0.15) is 31.2 Å². The van der Waals surface area contributed by atoms with Crippen LogP contribution in [-0.4, -0.2) is 36.1 Å². The van der Waals surface area contributed by atoms with Crippen molar-refractivity contribution in [2.75, 3.05) is 19.4 Å². The third kappa shape index (κ3) is 3.49. The number of hydrogen-bond donors (Lipinski definition) is 1. The molecule has 0 unspecified atom stereocenters. The van der Waals surface area contributed by atoms with E-state index in [9.17, 15) is 5.26 Å². The second kappa shape index (κ2) is 6.86. The average Bonchev–Trinajstić information content (AvgIpc) is 2.56. The van der Waals surface area contributed by atoms with Crippen LogP contribution in [0.4, 0.5) is 5.69 Å². The standard InChI is InChI=1S/C18H21BrN4/c1-23(2)15-6-4-14(5-7-15)22-18-12(10-20)11-21-17-8-3-13(19)9-16(17)18/h3,8-9,11,14-15H,4-7H2,1-2H3,(H,21,22)/t14-,15+. The van der Waals surface area contributed by atoms with Gasteiger partial charge in [0.15, 0.2) is 0 Å². The Bertz CT molecular complexity index is 743. The fraction of sp³-hybridized carbons (Fsp3) is 0.444. The first-order valence-electron chi connectivity index (χ1n) is 8.00. The van der Waals surface area contributed by atoms with E-state index in [-0.39, 0.29) is 0 Å². The molecule has 0 bridgehead atoms. The van der Waals surface area contributed by atoms with Gasteiger partial charge in [0.2, 0.25) is 0 Å². The number of pyridine rings is 1. The predicted molar refractivity (Wildman–Crippen MR) is 97.5 cm³/mol. The fourth-order valence-electron chi connectivity index (χ4n) is 3.35. The lowest BCUT2D eigenvalue weighted by Crippen LogP contribution is -2.36. The molecule has 1 saturated carbocycles. The Morgan fingerprint density at radius 3 is 2.65 bits per heavy atom. The summed E-state index contributed by atoms with van der Waals surface area (Å²) < 4.78 is 1.00. The van der Waals surface area contributed by atoms with Crippen LogP contribution in [0, 0.1) is 11.3 Å². The molecule has 1 heterocycles. The first-order valence-corrected chi connectivity index (χ1v) is 8.79. The van der Waals surface area contributed by atoms with Gasteiger partial charge in [-0.15, -0.1) is 0 Å². The maximum absolute atomic E-state index is 9.44. The second-order valence-corrected chi connectivity index (χ2v) is 7.35. The third-order valence-corrected chi connectivity index (χ3v) is 5.22. The summed E-state index contributed by atoms with van der Waals surface area (Å²) in [6.07, 6.45) is 6.32. The Kier molecular flexibility index (Phi) is 4.84. The number of fused-ring (bicyclic) bond motifs is 1. The molecule has 23 heavy (non-hydrogen) atoms. The van der Waals surface area contributed by atoms with Crippen molar-refractivity contribution in [3.8, 4) is 6.07 Å². The SMILES string of the molecule is CN(C)[C@H]1CC[C@@H](Nc2c(C#N)cnc3ccc(Br)cc23)CC1. The van der Waals surface area contributed by atoms with Crippen LogP contribution in [0.3, 0.4) is 0 Å².